The van der Waals surface area contributed by atoms with Crippen molar-refractivity contribution in [2.24, 2.45) is 5.16 Å². The number of nitrogens with one attached hydrogen (secondary N) is 1. The molecule has 0 atom stereocenters. The molecule has 1 amide bonds. The van der Waals surface area contributed by atoms with E-state index in [0.717, 1.165) is 62.9 Å². The van der Waals surface area contributed by atoms with Crippen LogP contribution in [0.5, 0.6) is 0 Å². The quantitative estimate of drug-likeness (QED) is 0.217. The molecule has 1 aliphatic carbocycles. The number of benzene rings is 1. The Morgan fingerprint density at radius 3 is 2.75 bits per heavy atom. The van der Waals surface area contributed by atoms with Gasteiger partial charge in [-0.2, -0.15) is 5.10 Å². The van der Waals surface area contributed by atoms with Crippen molar-refractivity contribution in [2.45, 2.75) is 26.7 Å². The minimum atomic E-state index is -0.135. The van der Waals surface area contributed by atoms with Gasteiger partial charge in [0.05, 0.1) is 40.5 Å². The molecule has 0 aliphatic heterocycles. The molecular formula is C26H26N6O3S. The fourth-order valence-corrected chi connectivity index (χ4v) is 5.19. The SMILES string of the molecule is COCCO/N=C/c1ccc(-n2nc(-c3ccc(C)nc3)c3c2-c2sc(NC(C)=O)nc2CC3)cc1. The topological polar surface area (TPSA) is 104 Å². The van der Waals surface area contributed by atoms with Crippen molar-refractivity contribution in [3.8, 4) is 27.5 Å². The number of aryl methyl sites for hydroxylation is 2. The molecule has 3 aromatic heterocycles. The molecule has 9 nitrogen and oxygen atoms in total. The van der Waals surface area contributed by atoms with Crippen LogP contribution in [0.3, 0.4) is 0 Å². The Balaban J connectivity index is 1.55. The number of ether oxygens (including phenoxy) is 1. The van der Waals surface area contributed by atoms with Crippen LogP contribution < -0.4 is 5.32 Å². The summed E-state index contributed by atoms with van der Waals surface area (Å²) in [5.41, 5.74) is 7.80. The smallest absolute Gasteiger partial charge is 0.223 e. The first-order valence-corrected chi connectivity index (χ1v) is 12.4. The van der Waals surface area contributed by atoms with Crippen LogP contribution in [-0.4, -0.2) is 52.2 Å². The van der Waals surface area contributed by atoms with Gasteiger partial charge in [-0.25, -0.2) is 9.67 Å². The Labute approximate surface area is 212 Å². The molecule has 10 heteroatoms. The fourth-order valence-electron chi connectivity index (χ4n) is 4.07. The number of thiazole rings is 1. The zero-order valence-corrected chi connectivity index (χ0v) is 21.1. The highest BCUT2D eigenvalue weighted by atomic mass is 32.1. The van der Waals surface area contributed by atoms with Crippen molar-refractivity contribution in [3.63, 3.8) is 0 Å². The number of oxime groups is 1. The Bertz CT molecular complexity index is 1410. The van der Waals surface area contributed by atoms with Crippen LogP contribution in [-0.2, 0) is 27.2 Å². The maximum atomic E-state index is 11.6. The second-order valence-corrected chi connectivity index (χ2v) is 9.40. The summed E-state index contributed by atoms with van der Waals surface area (Å²) < 4.78 is 6.92. The van der Waals surface area contributed by atoms with Crippen LogP contribution in [0.4, 0.5) is 5.13 Å². The second-order valence-electron chi connectivity index (χ2n) is 8.40. The highest BCUT2D eigenvalue weighted by Gasteiger charge is 2.30. The number of hydrogen-bond donors (Lipinski definition) is 1. The van der Waals surface area contributed by atoms with Gasteiger partial charge in [0.2, 0.25) is 5.91 Å². The minimum absolute atomic E-state index is 0.135. The highest BCUT2D eigenvalue weighted by molar-refractivity contribution is 7.19. The van der Waals surface area contributed by atoms with Gasteiger partial charge in [0.15, 0.2) is 5.13 Å². The lowest BCUT2D eigenvalue weighted by Crippen LogP contribution is -2.07. The van der Waals surface area contributed by atoms with E-state index in [1.807, 2.05) is 48.1 Å². The van der Waals surface area contributed by atoms with E-state index in [0.29, 0.717) is 18.3 Å². The third-order valence-electron chi connectivity index (χ3n) is 5.77. The summed E-state index contributed by atoms with van der Waals surface area (Å²) in [7, 11) is 1.62. The van der Waals surface area contributed by atoms with Crippen molar-refractivity contribution in [1.82, 2.24) is 19.7 Å². The van der Waals surface area contributed by atoms with E-state index in [1.165, 1.54) is 18.3 Å². The first-order valence-electron chi connectivity index (χ1n) is 11.6. The molecule has 0 saturated heterocycles. The average molecular weight is 503 g/mol. The van der Waals surface area contributed by atoms with Crippen LogP contribution in [0.15, 0.2) is 47.8 Å². The molecule has 0 spiro atoms. The number of rotatable bonds is 8. The number of nitrogens with zero attached hydrogens (tertiary/aromatic N) is 5. The van der Waals surface area contributed by atoms with Crippen LogP contribution in [0.1, 0.15) is 29.4 Å². The van der Waals surface area contributed by atoms with Crippen LogP contribution in [0.25, 0.3) is 27.5 Å². The summed E-state index contributed by atoms with van der Waals surface area (Å²) in [6.07, 6.45) is 5.13. The van der Waals surface area contributed by atoms with Gasteiger partial charge in [-0.1, -0.05) is 28.6 Å². The van der Waals surface area contributed by atoms with Crippen molar-refractivity contribution in [2.75, 3.05) is 25.6 Å². The number of amides is 1. The average Bonchev–Trinajstić information content (AvgIpc) is 3.45. The van der Waals surface area contributed by atoms with Crippen molar-refractivity contribution in [3.05, 3.63) is 65.1 Å². The van der Waals surface area contributed by atoms with Crippen molar-refractivity contribution >= 4 is 28.6 Å². The number of aromatic nitrogens is 4. The standard InChI is InChI=1S/C26H26N6O3S/c1-16-4-7-19(15-27-16)23-21-10-11-22-25(36-26(30-22)29-17(2)33)24(21)32(31-23)20-8-5-18(6-9-20)14-28-35-13-12-34-3/h4-9,14-15H,10-13H2,1-3H3,(H,29,30,33)/b28-14+. The number of hydrogen-bond acceptors (Lipinski definition) is 8. The van der Waals surface area contributed by atoms with Gasteiger partial charge in [-0.15, -0.1) is 0 Å². The summed E-state index contributed by atoms with van der Waals surface area (Å²) in [4.78, 5) is 27.0. The van der Waals surface area contributed by atoms with Crippen LogP contribution in [0.2, 0.25) is 0 Å². The van der Waals surface area contributed by atoms with Crippen LogP contribution in [0, 0.1) is 6.92 Å². The predicted octanol–water partition coefficient (Wildman–Crippen LogP) is 4.42. The summed E-state index contributed by atoms with van der Waals surface area (Å²) in [6.45, 7) is 4.35. The zero-order valence-electron chi connectivity index (χ0n) is 20.3. The number of anilines is 1. The fraction of sp³-hybridized carbons (Fsp3) is 0.269. The molecule has 0 bridgehead atoms. The summed E-state index contributed by atoms with van der Waals surface area (Å²) in [6, 6.07) is 12.0. The number of methoxy groups -OCH3 is 1. The van der Waals surface area contributed by atoms with E-state index in [9.17, 15) is 4.79 Å². The summed E-state index contributed by atoms with van der Waals surface area (Å²) in [5, 5.41) is 12.5. The van der Waals surface area contributed by atoms with Gasteiger partial charge in [0.25, 0.3) is 0 Å². The van der Waals surface area contributed by atoms with E-state index >= 15 is 0 Å². The Hall–Kier alpha value is -3.89. The lowest BCUT2D eigenvalue weighted by molar-refractivity contribution is -0.114. The normalized spacial score (nSPS) is 12.4. The van der Waals surface area contributed by atoms with E-state index in [2.05, 4.69) is 26.5 Å². The lowest BCUT2D eigenvalue weighted by Gasteiger charge is -2.14. The third-order valence-corrected chi connectivity index (χ3v) is 6.79. The monoisotopic (exact) mass is 502 g/mol. The highest BCUT2D eigenvalue weighted by Crippen LogP contribution is 2.44. The van der Waals surface area contributed by atoms with Gasteiger partial charge in [0.1, 0.15) is 6.61 Å². The Morgan fingerprint density at radius 2 is 2.03 bits per heavy atom. The van der Waals surface area contributed by atoms with E-state index in [1.54, 1.807) is 13.3 Å². The second kappa shape index (κ2) is 10.4. The molecule has 1 aliphatic rings. The lowest BCUT2D eigenvalue weighted by atomic mass is 9.95. The number of carbonyl (C=O) groups excluding carboxylic acids is 1. The van der Waals surface area contributed by atoms with Gasteiger partial charge in [-0.05, 0) is 49.6 Å². The van der Waals surface area contributed by atoms with Gasteiger partial charge in [0, 0.05) is 37.1 Å². The van der Waals surface area contributed by atoms with E-state index in [4.69, 9.17) is 14.7 Å². The largest absolute Gasteiger partial charge is 0.393 e. The zero-order chi connectivity index (χ0) is 25.1. The van der Waals surface area contributed by atoms with Gasteiger partial charge < -0.3 is 14.9 Å². The Morgan fingerprint density at radius 1 is 1.19 bits per heavy atom. The van der Waals surface area contributed by atoms with Gasteiger partial charge >= 0.3 is 0 Å². The molecular weight excluding hydrogens is 476 g/mol. The molecule has 4 aromatic rings. The first-order chi connectivity index (χ1) is 17.5. The van der Waals surface area contributed by atoms with E-state index < -0.39 is 0 Å². The molecule has 0 saturated carbocycles. The predicted molar refractivity (Wildman–Crippen MR) is 140 cm³/mol. The molecule has 0 fully saturated rings. The van der Waals surface area contributed by atoms with Gasteiger partial charge in [-0.3, -0.25) is 9.78 Å². The van der Waals surface area contributed by atoms with E-state index in [-0.39, 0.29) is 5.91 Å². The molecule has 184 valence electrons. The summed E-state index contributed by atoms with van der Waals surface area (Å²) in [5.74, 6) is -0.135. The first kappa shape index (κ1) is 23.8. The molecule has 36 heavy (non-hydrogen) atoms. The van der Waals surface area contributed by atoms with Crippen molar-refractivity contribution in [1.29, 1.82) is 0 Å². The number of fused-ring (bicyclic) bond motifs is 3. The number of carbonyl (C=O) groups is 1. The van der Waals surface area contributed by atoms with Crippen molar-refractivity contribution < 1.29 is 14.4 Å². The molecule has 1 aromatic carbocycles. The maximum Gasteiger partial charge on any atom is 0.223 e. The molecule has 0 unspecified atom stereocenters. The number of pyridine rings is 1. The summed E-state index contributed by atoms with van der Waals surface area (Å²) >= 11 is 1.48. The minimum Gasteiger partial charge on any atom is -0.393 e. The molecule has 1 N–H and O–H groups in total. The molecule has 5 rings (SSSR count). The third kappa shape index (κ3) is 4.91. The van der Waals surface area contributed by atoms with Crippen LogP contribution >= 0.6 is 11.3 Å². The molecule has 3 heterocycles. The molecule has 0 radical (unpaired) electrons. The maximum absolute atomic E-state index is 11.6. The Kier molecular flexibility index (Phi) is 6.88.